The molecular formula is C25H40N2O2. The summed E-state index contributed by atoms with van der Waals surface area (Å²) in [5.74, 6) is 4.29. The van der Waals surface area contributed by atoms with Gasteiger partial charge >= 0.3 is 0 Å². The smallest absolute Gasteiger partial charge is 0.0948 e. The molecule has 5 rings (SSSR count). The van der Waals surface area contributed by atoms with Crippen molar-refractivity contribution in [1.29, 1.82) is 0 Å². The van der Waals surface area contributed by atoms with Crippen LogP contribution in [0.2, 0.25) is 0 Å². The first-order chi connectivity index (χ1) is 13.9. The zero-order valence-electron chi connectivity index (χ0n) is 18.6. The van der Waals surface area contributed by atoms with E-state index in [-0.39, 0.29) is 11.5 Å². The third-order valence-corrected chi connectivity index (χ3v) is 11.6. The standard InChI is InChI=1S/C25H40N2O2/c1-16-18-8-12-24(3)19-9-14-25(15-26-28)11-4-5-20(25)17(19)6-7-22(24)23(18,2)13-10-21(16)27-29/h15-22,28H,4-14H2,1-3H3/b26-15+. The number of nitrogens with zero attached hydrogens (tertiary/aromatic N) is 2. The third-order valence-electron chi connectivity index (χ3n) is 11.6. The van der Waals surface area contributed by atoms with Crippen molar-refractivity contribution in [3.8, 4) is 0 Å². The molecule has 0 aliphatic heterocycles. The molecule has 5 aliphatic rings. The fourth-order valence-electron chi connectivity index (χ4n) is 10.4. The Kier molecular flexibility index (Phi) is 4.68. The maximum Gasteiger partial charge on any atom is 0.0948 e. The molecule has 10 unspecified atom stereocenters. The van der Waals surface area contributed by atoms with Crippen LogP contribution < -0.4 is 0 Å². The van der Waals surface area contributed by atoms with E-state index in [0.717, 1.165) is 30.1 Å². The molecule has 4 heteroatoms. The van der Waals surface area contributed by atoms with Crippen molar-refractivity contribution < 1.29 is 5.21 Å². The van der Waals surface area contributed by atoms with Gasteiger partial charge in [-0.2, -0.15) is 4.91 Å². The molecule has 10 atom stereocenters. The van der Waals surface area contributed by atoms with Crippen molar-refractivity contribution in [3.63, 3.8) is 0 Å². The highest BCUT2D eigenvalue weighted by atomic mass is 16.4. The maximum atomic E-state index is 11.4. The second kappa shape index (κ2) is 6.79. The number of hydrogen-bond acceptors (Lipinski definition) is 4. The predicted octanol–water partition coefficient (Wildman–Crippen LogP) is 6.66. The molecule has 4 nitrogen and oxygen atoms in total. The van der Waals surface area contributed by atoms with E-state index in [1.165, 1.54) is 64.2 Å². The summed E-state index contributed by atoms with van der Waals surface area (Å²) < 4.78 is 0. The van der Waals surface area contributed by atoms with Gasteiger partial charge in [0.05, 0.1) is 12.3 Å². The summed E-state index contributed by atoms with van der Waals surface area (Å²) in [5, 5.41) is 16.4. The fourth-order valence-corrected chi connectivity index (χ4v) is 10.4. The Morgan fingerprint density at radius 2 is 1.59 bits per heavy atom. The summed E-state index contributed by atoms with van der Waals surface area (Å²) in [4.78, 5) is 11.4. The van der Waals surface area contributed by atoms with E-state index in [0.29, 0.717) is 22.7 Å². The second-order valence-corrected chi connectivity index (χ2v) is 12.1. The lowest BCUT2D eigenvalue weighted by Gasteiger charge is -2.67. The van der Waals surface area contributed by atoms with Gasteiger partial charge < -0.3 is 5.21 Å². The van der Waals surface area contributed by atoms with Gasteiger partial charge in [-0.05, 0) is 111 Å². The summed E-state index contributed by atoms with van der Waals surface area (Å²) in [7, 11) is 0. The van der Waals surface area contributed by atoms with E-state index < -0.39 is 0 Å². The average Bonchev–Trinajstić information content (AvgIpc) is 3.12. The number of fused-ring (bicyclic) bond motifs is 7. The van der Waals surface area contributed by atoms with Gasteiger partial charge in [-0.25, -0.2) is 0 Å². The van der Waals surface area contributed by atoms with Gasteiger partial charge in [-0.1, -0.05) is 32.4 Å². The zero-order chi connectivity index (χ0) is 20.4. The third kappa shape index (κ3) is 2.59. The molecule has 0 bridgehead atoms. The van der Waals surface area contributed by atoms with Crippen molar-refractivity contribution in [2.75, 3.05) is 0 Å². The Hall–Kier alpha value is -0.930. The molecule has 0 aromatic carbocycles. The monoisotopic (exact) mass is 400 g/mol. The SMILES string of the molecule is CC1C(N=O)CCC2(C)C1CCC1(C)C3CCC4(/C=N/O)CCCC4C3CCC21. The molecule has 0 radical (unpaired) electrons. The Labute approximate surface area is 176 Å². The zero-order valence-corrected chi connectivity index (χ0v) is 18.6. The quantitative estimate of drug-likeness (QED) is 0.244. The number of oxime groups is 1. The van der Waals surface area contributed by atoms with E-state index in [4.69, 9.17) is 0 Å². The van der Waals surface area contributed by atoms with Crippen LogP contribution >= 0.6 is 0 Å². The van der Waals surface area contributed by atoms with E-state index in [9.17, 15) is 10.1 Å². The largest absolute Gasteiger partial charge is 0.411 e. The highest BCUT2D eigenvalue weighted by Gasteiger charge is 2.64. The van der Waals surface area contributed by atoms with E-state index in [1.807, 2.05) is 6.21 Å². The van der Waals surface area contributed by atoms with Gasteiger partial charge in [0, 0.05) is 5.41 Å². The molecule has 5 aliphatic carbocycles. The summed E-state index contributed by atoms with van der Waals surface area (Å²) in [6.45, 7) is 7.54. The summed E-state index contributed by atoms with van der Waals surface area (Å²) in [6.07, 6.45) is 15.9. The minimum atomic E-state index is 0.0420. The van der Waals surface area contributed by atoms with Gasteiger partial charge in [0.15, 0.2) is 0 Å². The van der Waals surface area contributed by atoms with Crippen molar-refractivity contribution in [2.24, 2.45) is 62.1 Å². The van der Waals surface area contributed by atoms with Crippen LogP contribution in [0.25, 0.3) is 0 Å². The number of nitroso groups, excluding NO2 is 1. The number of rotatable bonds is 2. The van der Waals surface area contributed by atoms with Gasteiger partial charge in [0.2, 0.25) is 0 Å². The van der Waals surface area contributed by atoms with Gasteiger partial charge in [0.1, 0.15) is 0 Å². The molecular weight excluding hydrogens is 360 g/mol. The lowest BCUT2D eigenvalue weighted by molar-refractivity contribution is -0.179. The Morgan fingerprint density at radius 3 is 2.34 bits per heavy atom. The first-order valence-electron chi connectivity index (χ1n) is 12.4. The fraction of sp³-hybridized carbons (Fsp3) is 0.960. The predicted molar refractivity (Wildman–Crippen MR) is 116 cm³/mol. The van der Waals surface area contributed by atoms with Crippen LogP contribution in [0.15, 0.2) is 10.3 Å². The van der Waals surface area contributed by atoms with Crippen LogP contribution in [-0.4, -0.2) is 17.5 Å². The van der Waals surface area contributed by atoms with Crippen molar-refractivity contribution in [2.45, 2.75) is 97.4 Å². The highest BCUT2D eigenvalue weighted by molar-refractivity contribution is 5.66. The minimum Gasteiger partial charge on any atom is -0.411 e. The first-order valence-corrected chi connectivity index (χ1v) is 12.4. The van der Waals surface area contributed by atoms with Crippen molar-refractivity contribution >= 4 is 6.21 Å². The van der Waals surface area contributed by atoms with E-state index >= 15 is 0 Å². The molecule has 5 saturated carbocycles. The minimum absolute atomic E-state index is 0.0420. The van der Waals surface area contributed by atoms with E-state index in [1.54, 1.807) is 0 Å². The lowest BCUT2D eigenvalue weighted by Crippen LogP contribution is -2.61. The van der Waals surface area contributed by atoms with Crippen LogP contribution in [0.3, 0.4) is 0 Å². The van der Waals surface area contributed by atoms with Crippen LogP contribution in [0.1, 0.15) is 91.4 Å². The van der Waals surface area contributed by atoms with E-state index in [2.05, 4.69) is 31.1 Å². The summed E-state index contributed by atoms with van der Waals surface area (Å²) in [5.41, 5.74) is 1.01. The van der Waals surface area contributed by atoms with Gasteiger partial charge in [-0.3, -0.25) is 0 Å². The molecule has 0 saturated heterocycles. The van der Waals surface area contributed by atoms with Crippen molar-refractivity contribution in [3.05, 3.63) is 4.91 Å². The molecule has 0 heterocycles. The first kappa shape index (κ1) is 20.0. The van der Waals surface area contributed by atoms with Gasteiger partial charge in [-0.15, -0.1) is 5.16 Å². The lowest BCUT2D eigenvalue weighted by atomic mass is 9.37. The molecule has 0 amide bonds. The summed E-state index contributed by atoms with van der Waals surface area (Å²) in [6, 6.07) is 0.0420. The highest BCUT2D eigenvalue weighted by Crippen LogP contribution is 2.71. The molecule has 1 N–H and O–H groups in total. The molecule has 0 aromatic heterocycles. The van der Waals surface area contributed by atoms with Crippen LogP contribution in [-0.2, 0) is 0 Å². The Balaban J connectivity index is 1.45. The number of hydrogen-bond donors (Lipinski definition) is 1. The van der Waals surface area contributed by atoms with Crippen LogP contribution in [0.5, 0.6) is 0 Å². The second-order valence-electron chi connectivity index (χ2n) is 12.1. The molecule has 0 spiro atoms. The molecule has 0 aromatic rings. The van der Waals surface area contributed by atoms with Crippen molar-refractivity contribution in [1.82, 2.24) is 0 Å². The maximum absolute atomic E-state index is 11.4. The van der Waals surface area contributed by atoms with Crippen LogP contribution in [0.4, 0.5) is 0 Å². The molecule has 29 heavy (non-hydrogen) atoms. The van der Waals surface area contributed by atoms with Gasteiger partial charge in [0.25, 0.3) is 0 Å². The topological polar surface area (TPSA) is 62.0 Å². The normalized spacial score (nSPS) is 56.9. The Morgan fingerprint density at radius 1 is 0.862 bits per heavy atom. The van der Waals surface area contributed by atoms with Crippen LogP contribution in [0, 0.1) is 56.7 Å². The summed E-state index contributed by atoms with van der Waals surface area (Å²) >= 11 is 0. The Bertz CT molecular complexity index is 694. The molecule has 5 fully saturated rings. The molecule has 162 valence electrons. The average molecular weight is 401 g/mol.